The maximum Gasteiger partial charge on any atom is 0.227 e. The molecule has 2 atom stereocenters. The molecule has 0 saturated heterocycles. The average molecular weight is 496 g/mol. The SMILES string of the molecule is CCCCCC(=O)N1c2ccccc2NC2=C(C(=O)C[C@H](c3ccc(OC)cc3)C2)[C@H]1c1cccnc1. The van der Waals surface area contributed by atoms with E-state index in [1.165, 1.54) is 0 Å². The number of para-hydroxylation sites is 2. The summed E-state index contributed by atoms with van der Waals surface area (Å²) in [6.07, 6.45) is 7.85. The van der Waals surface area contributed by atoms with Crippen molar-refractivity contribution in [3.8, 4) is 5.75 Å². The van der Waals surface area contributed by atoms with Gasteiger partial charge < -0.3 is 10.1 Å². The number of Topliss-reactive ketones (excluding diaryl/α,β-unsaturated/α-hetero) is 1. The highest BCUT2D eigenvalue weighted by Crippen LogP contribution is 2.47. The molecule has 1 aromatic heterocycles. The molecule has 1 aliphatic heterocycles. The molecule has 5 rings (SSSR count). The van der Waals surface area contributed by atoms with Crippen molar-refractivity contribution < 1.29 is 14.3 Å². The van der Waals surface area contributed by atoms with E-state index < -0.39 is 6.04 Å². The first kappa shape index (κ1) is 24.8. The molecule has 0 saturated carbocycles. The molecule has 0 unspecified atom stereocenters. The van der Waals surface area contributed by atoms with E-state index in [0.29, 0.717) is 24.8 Å². The largest absolute Gasteiger partial charge is 0.497 e. The maximum atomic E-state index is 14.0. The Balaban J connectivity index is 1.62. The highest BCUT2D eigenvalue weighted by atomic mass is 16.5. The number of pyridine rings is 1. The molecule has 0 fully saturated rings. The fraction of sp³-hybridized carbons (Fsp3) is 0.323. The van der Waals surface area contributed by atoms with Crippen LogP contribution in [0.4, 0.5) is 11.4 Å². The third-order valence-corrected chi connectivity index (χ3v) is 7.34. The van der Waals surface area contributed by atoms with E-state index in [1.54, 1.807) is 19.5 Å². The number of ketones is 1. The lowest BCUT2D eigenvalue weighted by atomic mass is 9.78. The van der Waals surface area contributed by atoms with Gasteiger partial charge in [-0.15, -0.1) is 0 Å². The molecule has 190 valence electrons. The van der Waals surface area contributed by atoms with Crippen LogP contribution in [-0.4, -0.2) is 23.8 Å². The second-order valence-corrected chi connectivity index (χ2v) is 9.75. The van der Waals surface area contributed by atoms with E-state index >= 15 is 0 Å². The van der Waals surface area contributed by atoms with Crippen LogP contribution in [0.15, 0.2) is 84.3 Å². The summed E-state index contributed by atoms with van der Waals surface area (Å²) in [7, 11) is 1.65. The minimum Gasteiger partial charge on any atom is -0.497 e. The fourth-order valence-electron chi connectivity index (χ4n) is 5.48. The molecule has 6 nitrogen and oxygen atoms in total. The number of aromatic nitrogens is 1. The zero-order valence-electron chi connectivity index (χ0n) is 21.4. The second-order valence-electron chi connectivity index (χ2n) is 9.75. The molecule has 2 aromatic carbocycles. The Labute approximate surface area is 218 Å². The minimum atomic E-state index is -0.529. The van der Waals surface area contributed by atoms with Crippen LogP contribution in [0, 0.1) is 0 Å². The number of amides is 1. The lowest BCUT2D eigenvalue weighted by Gasteiger charge is -2.35. The van der Waals surface area contributed by atoms with Crippen molar-refractivity contribution in [2.75, 3.05) is 17.3 Å². The number of rotatable bonds is 7. The van der Waals surface area contributed by atoms with E-state index in [-0.39, 0.29) is 17.6 Å². The number of fused-ring (bicyclic) bond motifs is 1. The predicted octanol–water partition coefficient (Wildman–Crippen LogP) is 6.57. The number of unbranched alkanes of at least 4 members (excludes halogenated alkanes) is 2. The lowest BCUT2D eigenvalue weighted by Crippen LogP contribution is -2.38. The highest BCUT2D eigenvalue weighted by Gasteiger charge is 2.41. The van der Waals surface area contributed by atoms with Gasteiger partial charge in [-0.25, -0.2) is 0 Å². The number of anilines is 2. The van der Waals surface area contributed by atoms with E-state index in [1.807, 2.05) is 65.6 Å². The van der Waals surface area contributed by atoms with Gasteiger partial charge in [-0.3, -0.25) is 19.5 Å². The standard InChI is InChI=1S/C31H33N3O3/c1-3-4-5-12-29(36)34-27-11-7-6-10-25(27)33-26-18-23(21-13-15-24(37-2)16-14-21)19-28(35)30(26)31(34)22-9-8-17-32-20-22/h6-11,13-17,20,23,31,33H,3-5,12,18-19H2,1-2H3/t23-,31-/m1/s1. The zero-order chi connectivity index (χ0) is 25.8. The van der Waals surface area contributed by atoms with Crippen molar-refractivity contribution in [1.82, 2.24) is 4.98 Å². The third-order valence-electron chi connectivity index (χ3n) is 7.34. The number of benzene rings is 2. The Kier molecular flexibility index (Phi) is 7.35. The van der Waals surface area contributed by atoms with Crippen LogP contribution < -0.4 is 15.0 Å². The van der Waals surface area contributed by atoms with Gasteiger partial charge in [0.15, 0.2) is 5.78 Å². The minimum absolute atomic E-state index is 0.0235. The Morgan fingerprint density at radius 1 is 1.03 bits per heavy atom. The maximum absolute atomic E-state index is 14.0. The number of carbonyl (C=O) groups is 2. The van der Waals surface area contributed by atoms with Crippen LogP contribution in [0.5, 0.6) is 5.75 Å². The molecule has 3 aromatic rings. The van der Waals surface area contributed by atoms with E-state index in [9.17, 15) is 9.59 Å². The Hall–Kier alpha value is -3.93. The molecule has 1 amide bonds. The van der Waals surface area contributed by atoms with Gasteiger partial charge in [-0.2, -0.15) is 0 Å². The summed E-state index contributed by atoms with van der Waals surface area (Å²) in [5, 5.41) is 3.59. The average Bonchev–Trinajstić information content (AvgIpc) is 3.08. The number of nitrogens with one attached hydrogen (secondary N) is 1. The molecule has 0 bridgehead atoms. The number of nitrogens with zero attached hydrogens (tertiary/aromatic N) is 2. The van der Waals surface area contributed by atoms with E-state index in [2.05, 4.69) is 17.2 Å². The Bertz CT molecular complexity index is 1300. The van der Waals surface area contributed by atoms with Gasteiger partial charge in [0.05, 0.1) is 24.5 Å². The summed E-state index contributed by atoms with van der Waals surface area (Å²) in [4.78, 5) is 34.0. The van der Waals surface area contributed by atoms with Gasteiger partial charge in [0.1, 0.15) is 5.75 Å². The van der Waals surface area contributed by atoms with Gasteiger partial charge >= 0.3 is 0 Å². The summed E-state index contributed by atoms with van der Waals surface area (Å²) in [5.74, 6) is 0.914. The van der Waals surface area contributed by atoms with Crippen LogP contribution in [-0.2, 0) is 9.59 Å². The van der Waals surface area contributed by atoms with Gasteiger partial charge in [0.2, 0.25) is 5.91 Å². The molecular weight excluding hydrogens is 462 g/mol. The second kappa shape index (κ2) is 11.0. The zero-order valence-corrected chi connectivity index (χ0v) is 21.4. The first-order chi connectivity index (χ1) is 18.1. The molecule has 2 heterocycles. The molecule has 6 heteroatoms. The molecular formula is C31H33N3O3. The van der Waals surface area contributed by atoms with Gasteiger partial charge in [-0.05, 0) is 60.2 Å². The normalized spacial score (nSPS) is 19.0. The lowest BCUT2D eigenvalue weighted by molar-refractivity contribution is -0.119. The summed E-state index contributed by atoms with van der Waals surface area (Å²) < 4.78 is 5.32. The Morgan fingerprint density at radius 2 is 1.84 bits per heavy atom. The summed E-state index contributed by atoms with van der Waals surface area (Å²) in [5.41, 5.74) is 5.12. The van der Waals surface area contributed by atoms with Gasteiger partial charge in [-0.1, -0.05) is 50.1 Å². The number of carbonyl (C=O) groups excluding carboxylic acids is 2. The van der Waals surface area contributed by atoms with Gasteiger partial charge in [0, 0.05) is 36.5 Å². The van der Waals surface area contributed by atoms with Crippen molar-refractivity contribution in [3.63, 3.8) is 0 Å². The van der Waals surface area contributed by atoms with Crippen LogP contribution in [0.1, 0.15) is 68.5 Å². The fourth-order valence-corrected chi connectivity index (χ4v) is 5.48. The molecule has 2 aliphatic rings. The first-order valence-electron chi connectivity index (χ1n) is 13.1. The van der Waals surface area contributed by atoms with E-state index in [0.717, 1.165) is 53.2 Å². The van der Waals surface area contributed by atoms with Crippen molar-refractivity contribution in [1.29, 1.82) is 0 Å². The summed E-state index contributed by atoms with van der Waals surface area (Å²) in [6.45, 7) is 2.13. The predicted molar refractivity (Wildman–Crippen MR) is 146 cm³/mol. The van der Waals surface area contributed by atoms with Crippen molar-refractivity contribution >= 4 is 23.1 Å². The van der Waals surface area contributed by atoms with Crippen LogP contribution in [0.3, 0.4) is 0 Å². The van der Waals surface area contributed by atoms with Crippen molar-refractivity contribution in [3.05, 3.63) is 95.5 Å². The molecule has 37 heavy (non-hydrogen) atoms. The third kappa shape index (κ3) is 5.01. The highest BCUT2D eigenvalue weighted by molar-refractivity contribution is 6.06. The Morgan fingerprint density at radius 3 is 2.57 bits per heavy atom. The summed E-state index contributed by atoms with van der Waals surface area (Å²) >= 11 is 0. The van der Waals surface area contributed by atoms with Crippen LogP contribution >= 0.6 is 0 Å². The van der Waals surface area contributed by atoms with Crippen LogP contribution in [0.25, 0.3) is 0 Å². The van der Waals surface area contributed by atoms with Crippen LogP contribution in [0.2, 0.25) is 0 Å². The van der Waals surface area contributed by atoms with E-state index in [4.69, 9.17) is 4.74 Å². The summed E-state index contributed by atoms with van der Waals surface area (Å²) in [6, 6.07) is 19.1. The number of ether oxygens (including phenoxy) is 1. The smallest absolute Gasteiger partial charge is 0.227 e. The van der Waals surface area contributed by atoms with Crippen molar-refractivity contribution in [2.24, 2.45) is 0 Å². The molecule has 0 radical (unpaired) electrons. The molecule has 1 N–H and O–H groups in total. The quantitative estimate of drug-likeness (QED) is 0.375. The molecule has 0 spiro atoms. The van der Waals surface area contributed by atoms with Crippen molar-refractivity contribution in [2.45, 2.75) is 57.4 Å². The number of methoxy groups -OCH3 is 1. The number of hydrogen-bond donors (Lipinski definition) is 1. The topological polar surface area (TPSA) is 71.5 Å². The number of allylic oxidation sites excluding steroid dienone is 1. The monoisotopic (exact) mass is 495 g/mol. The number of hydrogen-bond acceptors (Lipinski definition) is 5. The van der Waals surface area contributed by atoms with Gasteiger partial charge in [0.25, 0.3) is 0 Å². The first-order valence-corrected chi connectivity index (χ1v) is 13.1. The molecule has 1 aliphatic carbocycles.